The molecular weight excluding hydrogens is 455 g/mol. The van der Waals surface area contributed by atoms with Crippen molar-refractivity contribution in [2.24, 2.45) is 0 Å². The van der Waals surface area contributed by atoms with Gasteiger partial charge in [0.15, 0.2) is 5.65 Å². The van der Waals surface area contributed by atoms with Crippen molar-refractivity contribution in [2.75, 3.05) is 13.2 Å². The molecule has 0 radical (unpaired) electrons. The molecule has 7 nitrogen and oxygen atoms in total. The van der Waals surface area contributed by atoms with E-state index in [1.54, 1.807) is 12.1 Å². The minimum absolute atomic E-state index is 0.0510. The van der Waals surface area contributed by atoms with Gasteiger partial charge in [0, 0.05) is 28.6 Å². The van der Waals surface area contributed by atoms with Crippen LogP contribution < -0.4 is 0 Å². The predicted molar refractivity (Wildman–Crippen MR) is 126 cm³/mol. The van der Waals surface area contributed by atoms with Crippen LogP contribution in [0, 0.1) is 19.7 Å². The van der Waals surface area contributed by atoms with Crippen LogP contribution in [-0.2, 0) is 4.74 Å². The summed E-state index contributed by atoms with van der Waals surface area (Å²) in [4.78, 5) is 18.9. The van der Waals surface area contributed by atoms with Gasteiger partial charge in [-0.25, -0.2) is 24.3 Å². The van der Waals surface area contributed by atoms with Crippen LogP contribution in [0.4, 0.5) is 4.39 Å². The second kappa shape index (κ2) is 8.36. The van der Waals surface area contributed by atoms with Crippen LogP contribution in [0.25, 0.3) is 22.4 Å². The highest BCUT2D eigenvalue weighted by Gasteiger charge is 2.31. The third-order valence-corrected chi connectivity index (χ3v) is 6.97. The molecule has 4 aromatic rings. The molecule has 6 rings (SSSR count). The molecule has 4 heterocycles. The molecule has 0 amide bonds. The smallest absolute Gasteiger partial charge is 0.182 e. The Bertz CT molecular complexity index is 1400. The van der Waals surface area contributed by atoms with Gasteiger partial charge in [-0.2, -0.15) is 5.10 Å². The average Bonchev–Trinajstić information content (AvgIpc) is 3.56. The Labute approximate surface area is 201 Å². The summed E-state index contributed by atoms with van der Waals surface area (Å²) in [5.74, 6) is 0.287. The monoisotopic (exact) mass is 478 g/mol. The molecule has 0 N–H and O–H groups in total. The van der Waals surface area contributed by atoms with Crippen molar-refractivity contribution in [3.05, 3.63) is 64.2 Å². The molecule has 0 unspecified atom stereocenters. The van der Waals surface area contributed by atoms with Gasteiger partial charge in [-0.15, -0.1) is 0 Å². The van der Waals surface area contributed by atoms with E-state index < -0.39 is 5.82 Å². The molecule has 0 spiro atoms. The Morgan fingerprint density at radius 3 is 2.62 bits per heavy atom. The molecule has 2 atom stereocenters. The maximum atomic E-state index is 14.9. The number of nitrogens with zero attached hydrogens (tertiary/aromatic N) is 6. The summed E-state index contributed by atoms with van der Waals surface area (Å²) in [5.41, 5.74) is 4.40. The zero-order chi connectivity index (χ0) is 23.4. The number of aromatic nitrogens is 6. The number of benzene rings is 1. The SMILES string of the molecule is Cc1nc2nc([C@@H]3COC[C@H](c4cnn(C5CC5)c4)C3)nc(-c3ccc(Cl)cc3F)c2nc1C. The quantitative estimate of drug-likeness (QED) is 0.395. The van der Waals surface area contributed by atoms with Crippen LogP contribution in [0.1, 0.15) is 59.9 Å². The molecule has 1 saturated heterocycles. The van der Waals surface area contributed by atoms with Crippen molar-refractivity contribution in [3.8, 4) is 11.3 Å². The lowest BCUT2D eigenvalue weighted by Crippen LogP contribution is -2.24. The van der Waals surface area contributed by atoms with Gasteiger partial charge < -0.3 is 4.74 Å². The molecule has 1 aliphatic heterocycles. The minimum atomic E-state index is -0.455. The second-order valence-electron chi connectivity index (χ2n) is 9.27. The first-order valence-corrected chi connectivity index (χ1v) is 11.9. The lowest BCUT2D eigenvalue weighted by Gasteiger charge is -2.28. The molecule has 34 heavy (non-hydrogen) atoms. The van der Waals surface area contributed by atoms with Crippen LogP contribution in [0.15, 0.2) is 30.6 Å². The van der Waals surface area contributed by atoms with Gasteiger partial charge in [-0.05, 0) is 56.9 Å². The summed E-state index contributed by atoms with van der Waals surface area (Å²) in [6.07, 6.45) is 7.30. The van der Waals surface area contributed by atoms with E-state index in [1.807, 2.05) is 20.0 Å². The van der Waals surface area contributed by atoms with E-state index in [0.717, 1.165) is 17.8 Å². The zero-order valence-corrected chi connectivity index (χ0v) is 19.8. The molecule has 2 aliphatic rings. The molecule has 1 saturated carbocycles. The van der Waals surface area contributed by atoms with E-state index in [-0.39, 0.29) is 11.8 Å². The zero-order valence-electron chi connectivity index (χ0n) is 19.0. The Hall–Kier alpha value is -2.97. The Kier molecular flexibility index (Phi) is 5.30. The van der Waals surface area contributed by atoms with E-state index in [9.17, 15) is 4.39 Å². The molecule has 2 fully saturated rings. The van der Waals surface area contributed by atoms with E-state index in [1.165, 1.54) is 24.5 Å². The van der Waals surface area contributed by atoms with E-state index in [2.05, 4.69) is 25.9 Å². The van der Waals surface area contributed by atoms with Crippen LogP contribution in [0.2, 0.25) is 5.02 Å². The molecule has 1 aliphatic carbocycles. The van der Waals surface area contributed by atoms with Gasteiger partial charge in [-0.1, -0.05) is 11.6 Å². The number of hydrogen-bond acceptors (Lipinski definition) is 6. The van der Waals surface area contributed by atoms with Crippen LogP contribution in [-0.4, -0.2) is 42.9 Å². The molecule has 1 aromatic carbocycles. The van der Waals surface area contributed by atoms with E-state index >= 15 is 0 Å². The summed E-state index contributed by atoms with van der Waals surface area (Å²) in [5, 5.41) is 4.87. The highest BCUT2D eigenvalue weighted by molar-refractivity contribution is 6.30. The molecule has 174 valence electrons. The van der Waals surface area contributed by atoms with Crippen molar-refractivity contribution in [1.29, 1.82) is 0 Å². The highest BCUT2D eigenvalue weighted by Crippen LogP contribution is 2.38. The number of rotatable bonds is 4. The van der Waals surface area contributed by atoms with Gasteiger partial charge in [0.05, 0.1) is 36.8 Å². The van der Waals surface area contributed by atoms with Crippen molar-refractivity contribution in [3.63, 3.8) is 0 Å². The number of halogens is 2. The van der Waals surface area contributed by atoms with Crippen LogP contribution >= 0.6 is 11.6 Å². The van der Waals surface area contributed by atoms with Gasteiger partial charge >= 0.3 is 0 Å². The standard InChI is InChI=1S/C25H24ClFN6O/c1-13-14(2)30-25-23(29-13)22(20-6-3-18(26)8-21(20)27)31-24(32-25)16-7-15(11-34-12-16)17-9-28-33(10-17)19-4-5-19/h3,6,8-10,15-16,19H,4-5,7,11-12H2,1-2H3/t15-,16+/m1/s1. The number of hydrogen-bond donors (Lipinski definition) is 0. The third kappa shape index (κ3) is 3.95. The average molecular weight is 479 g/mol. The minimum Gasteiger partial charge on any atom is -0.380 e. The Balaban J connectivity index is 1.41. The molecule has 0 bridgehead atoms. The van der Waals surface area contributed by atoms with Gasteiger partial charge in [0.1, 0.15) is 22.9 Å². The fourth-order valence-corrected chi connectivity index (χ4v) is 4.69. The predicted octanol–water partition coefficient (Wildman–Crippen LogP) is 5.32. The fraction of sp³-hybridized carbons (Fsp3) is 0.400. The number of fused-ring (bicyclic) bond motifs is 1. The maximum absolute atomic E-state index is 14.9. The fourth-order valence-electron chi connectivity index (χ4n) is 4.53. The second-order valence-corrected chi connectivity index (χ2v) is 9.71. The van der Waals surface area contributed by atoms with Crippen molar-refractivity contribution in [1.82, 2.24) is 29.7 Å². The number of aryl methyl sites for hydroxylation is 2. The van der Waals surface area contributed by atoms with E-state index in [4.69, 9.17) is 26.3 Å². The van der Waals surface area contributed by atoms with Crippen LogP contribution in [0.5, 0.6) is 0 Å². The third-order valence-electron chi connectivity index (χ3n) is 6.73. The summed E-state index contributed by atoms with van der Waals surface area (Å²) >= 11 is 6.00. The first-order valence-electron chi connectivity index (χ1n) is 11.6. The Morgan fingerprint density at radius 1 is 1.03 bits per heavy atom. The van der Waals surface area contributed by atoms with Crippen molar-refractivity contribution in [2.45, 2.75) is 51.0 Å². The lowest BCUT2D eigenvalue weighted by molar-refractivity contribution is 0.0620. The van der Waals surface area contributed by atoms with Crippen LogP contribution in [0.3, 0.4) is 0 Å². The van der Waals surface area contributed by atoms with Gasteiger partial charge in [0.2, 0.25) is 0 Å². The number of ether oxygens (including phenoxy) is 1. The highest BCUT2D eigenvalue weighted by atomic mass is 35.5. The molecule has 3 aromatic heterocycles. The van der Waals surface area contributed by atoms with Gasteiger partial charge in [0.25, 0.3) is 0 Å². The largest absolute Gasteiger partial charge is 0.380 e. The van der Waals surface area contributed by atoms with Crippen molar-refractivity contribution >= 4 is 22.8 Å². The lowest BCUT2D eigenvalue weighted by atomic mass is 9.88. The maximum Gasteiger partial charge on any atom is 0.182 e. The van der Waals surface area contributed by atoms with E-state index in [0.29, 0.717) is 52.5 Å². The summed E-state index contributed by atoms with van der Waals surface area (Å²) in [6, 6.07) is 5.11. The summed E-state index contributed by atoms with van der Waals surface area (Å²) in [6.45, 7) is 4.90. The molecule has 9 heteroatoms. The van der Waals surface area contributed by atoms with Crippen molar-refractivity contribution < 1.29 is 9.13 Å². The summed E-state index contributed by atoms with van der Waals surface area (Å²) in [7, 11) is 0. The summed E-state index contributed by atoms with van der Waals surface area (Å²) < 4.78 is 23.0. The first-order chi connectivity index (χ1) is 16.5. The first kappa shape index (κ1) is 21.6. The van der Waals surface area contributed by atoms with Gasteiger partial charge in [-0.3, -0.25) is 4.68 Å². The molecular formula is C25H24ClFN6O. The Morgan fingerprint density at radius 2 is 1.82 bits per heavy atom. The topological polar surface area (TPSA) is 78.6 Å². The normalized spacial score (nSPS) is 20.7.